The lowest BCUT2D eigenvalue weighted by Gasteiger charge is -2.25. The van der Waals surface area contributed by atoms with E-state index in [1.165, 1.54) is 16.7 Å². The molecule has 0 bridgehead atoms. The molecule has 3 aromatic heterocycles. The van der Waals surface area contributed by atoms with Crippen molar-refractivity contribution in [2.24, 2.45) is 0 Å². The van der Waals surface area contributed by atoms with E-state index in [4.69, 9.17) is 16.3 Å². The van der Waals surface area contributed by atoms with Crippen LogP contribution in [0.2, 0.25) is 5.15 Å². The molecule has 190 valence electrons. The number of aromatic nitrogens is 5. The summed E-state index contributed by atoms with van der Waals surface area (Å²) in [6, 6.07) is 7.99. The first-order valence-corrected chi connectivity index (χ1v) is 13.5. The fourth-order valence-electron chi connectivity index (χ4n) is 4.28. The first-order chi connectivity index (χ1) is 17.1. The molecule has 1 aromatic carbocycles. The minimum absolute atomic E-state index is 0.00151. The standard InChI is InChI=1S/C23H23ClF2N6O3S/c1-13-8-9-31(30-13)14-6-7-15(17(11-14)36(2,33)34)27-16-12-18(24)28-22-20(16)29-23(21(25)26)32(22)19-5-3-4-10-35-19/h6-9,11-12,19,21H,3-5,10H2,1-2H3,(H,27,28). The fourth-order valence-corrected chi connectivity index (χ4v) is 5.32. The normalized spacial score (nSPS) is 16.7. The molecule has 4 aromatic rings. The van der Waals surface area contributed by atoms with E-state index in [1.807, 2.05) is 6.92 Å². The van der Waals surface area contributed by atoms with Crippen molar-refractivity contribution in [1.29, 1.82) is 0 Å². The minimum Gasteiger partial charge on any atom is -0.358 e. The van der Waals surface area contributed by atoms with Crippen LogP contribution in [0.15, 0.2) is 41.4 Å². The van der Waals surface area contributed by atoms with E-state index in [9.17, 15) is 17.2 Å². The van der Waals surface area contributed by atoms with E-state index in [1.54, 1.807) is 29.1 Å². The van der Waals surface area contributed by atoms with Crippen LogP contribution in [0.4, 0.5) is 20.2 Å². The van der Waals surface area contributed by atoms with Crippen LogP contribution in [-0.2, 0) is 14.6 Å². The number of hydrogen-bond acceptors (Lipinski definition) is 7. The predicted molar refractivity (Wildman–Crippen MR) is 131 cm³/mol. The van der Waals surface area contributed by atoms with Gasteiger partial charge in [0.15, 0.2) is 21.3 Å². The summed E-state index contributed by atoms with van der Waals surface area (Å²) in [6.45, 7) is 2.27. The molecule has 1 N–H and O–H groups in total. The lowest BCUT2D eigenvalue weighted by atomic mass is 10.2. The van der Waals surface area contributed by atoms with Gasteiger partial charge in [0, 0.05) is 25.1 Å². The highest BCUT2D eigenvalue weighted by Crippen LogP contribution is 2.37. The van der Waals surface area contributed by atoms with E-state index in [0.717, 1.165) is 24.8 Å². The molecule has 0 aliphatic carbocycles. The van der Waals surface area contributed by atoms with Crippen molar-refractivity contribution in [3.63, 3.8) is 0 Å². The molecule has 4 heterocycles. The number of anilines is 2. The number of nitrogens with zero attached hydrogens (tertiary/aromatic N) is 5. The highest BCUT2D eigenvalue weighted by Gasteiger charge is 2.29. The Morgan fingerprint density at radius 3 is 2.61 bits per heavy atom. The Morgan fingerprint density at radius 1 is 1.17 bits per heavy atom. The third-order valence-electron chi connectivity index (χ3n) is 5.90. The Bertz CT molecular complexity index is 1550. The van der Waals surface area contributed by atoms with Gasteiger partial charge in [-0.1, -0.05) is 11.6 Å². The minimum atomic E-state index is -3.69. The van der Waals surface area contributed by atoms with Crippen LogP contribution in [0, 0.1) is 6.92 Å². The topological polar surface area (TPSA) is 104 Å². The van der Waals surface area contributed by atoms with E-state index in [2.05, 4.69) is 20.4 Å². The number of nitrogens with one attached hydrogen (secondary N) is 1. The number of rotatable bonds is 6. The highest BCUT2D eigenvalue weighted by atomic mass is 35.5. The molecule has 1 aliphatic rings. The Morgan fingerprint density at radius 2 is 1.97 bits per heavy atom. The maximum absolute atomic E-state index is 14.0. The summed E-state index contributed by atoms with van der Waals surface area (Å²) in [6.07, 6.45) is 1.49. The molecule has 5 rings (SSSR count). The van der Waals surface area contributed by atoms with E-state index < -0.39 is 28.3 Å². The van der Waals surface area contributed by atoms with Gasteiger partial charge in [0.05, 0.1) is 27.7 Å². The Hall–Kier alpha value is -3.09. The molecule has 0 radical (unpaired) electrons. The van der Waals surface area contributed by atoms with E-state index >= 15 is 0 Å². The largest absolute Gasteiger partial charge is 0.358 e. The number of ether oxygens (including phenoxy) is 1. The predicted octanol–water partition coefficient (Wildman–Crippen LogP) is 5.36. The van der Waals surface area contributed by atoms with Gasteiger partial charge in [0.25, 0.3) is 6.43 Å². The lowest BCUT2D eigenvalue weighted by Crippen LogP contribution is -2.20. The molecule has 0 amide bonds. The number of halogens is 3. The fraction of sp³-hybridized carbons (Fsp3) is 0.348. The molecule has 1 unspecified atom stereocenters. The molecule has 1 atom stereocenters. The molecule has 0 spiro atoms. The van der Waals surface area contributed by atoms with Gasteiger partial charge >= 0.3 is 0 Å². The summed E-state index contributed by atoms with van der Waals surface area (Å²) in [4.78, 5) is 8.43. The van der Waals surface area contributed by atoms with Crippen LogP contribution < -0.4 is 5.32 Å². The average molecular weight is 537 g/mol. The number of pyridine rings is 1. The number of hydrogen-bond donors (Lipinski definition) is 1. The summed E-state index contributed by atoms with van der Waals surface area (Å²) in [5.74, 6) is -0.484. The summed E-state index contributed by atoms with van der Waals surface area (Å²) >= 11 is 6.28. The van der Waals surface area contributed by atoms with Crippen molar-refractivity contribution in [1.82, 2.24) is 24.3 Å². The van der Waals surface area contributed by atoms with Crippen LogP contribution in [0.5, 0.6) is 0 Å². The zero-order valence-electron chi connectivity index (χ0n) is 19.5. The van der Waals surface area contributed by atoms with Crippen LogP contribution in [0.3, 0.4) is 0 Å². The molecule has 1 saturated heterocycles. The van der Waals surface area contributed by atoms with E-state index in [-0.39, 0.29) is 32.6 Å². The number of fused-ring (bicyclic) bond motifs is 1. The number of imidazole rings is 1. The van der Waals surface area contributed by atoms with Crippen molar-refractivity contribution < 1.29 is 21.9 Å². The Balaban J connectivity index is 1.64. The summed E-state index contributed by atoms with van der Waals surface area (Å²) in [7, 11) is -3.69. The second-order valence-electron chi connectivity index (χ2n) is 8.61. The number of benzene rings is 1. The SMILES string of the molecule is Cc1ccn(-c2ccc(Nc3cc(Cl)nc4c3nc(C(F)F)n4C3CCCCO3)c(S(C)(=O)=O)c2)n1. The molecular formula is C23H23ClF2N6O3S. The average Bonchev–Trinajstić information content (AvgIpc) is 3.43. The van der Waals surface area contributed by atoms with Gasteiger partial charge < -0.3 is 10.1 Å². The van der Waals surface area contributed by atoms with Crippen molar-refractivity contribution in [3.8, 4) is 5.69 Å². The lowest BCUT2D eigenvalue weighted by molar-refractivity contribution is -0.0363. The first-order valence-electron chi connectivity index (χ1n) is 11.2. The highest BCUT2D eigenvalue weighted by molar-refractivity contribution is 7.90. The van der Waals surface area contributed by atoms with Gasteiger partial charge in [-0.2, -0.15) is 5.10 Å². The second kappa shape index (κ2) is 9.41. The van der Waals surface area contributed by atoms with Crippen molar-refractivity contribution in [2.45, 2.75) is 43.7 Å². The monoisotopic (exact) mass is 536 g/mol. The van der Waals surface area contributed by atoms with Crippen LogP contribution in [-0.4, -0.2) is 45.6 Å². The van der Waals surface area contributed by atoms with E-state index in [0.29, 0.717) is 18.7 Å². The van der Waals surface area contributed by atoms with Gasteiger partial charge in [-0.05, 0) is 50.5 Å². The molecule has 13 heteroatoms. The first kappa shape index (κ1) is 24.6. The quantitative estimate of drug-likeness (QED) is 0.331. The van der Waals surface area contributed by atoms with Crippen molar-refractivity contribution in [2.75, 3.05) is 18.2 Å². The van der Waals surface area contributed by atoms with Gasteiger partial charge in [-0.25, -0.2) is 31.8 Å². The van der Waals surface area contributed by atoms with Crippen molar-refractivity contribution >= 4 is 44.0 Å². The molecular weight excluding hydrogens is 514 g/mol. The maximum Gasteiger partial charge on any atom is 0.295 e. The van der Waals surface area contributed by atoms with Crippen LogP contribution >= 0.6 is 11.6 Å². The van der Waals surface area contributed by atoms with Gasteiger partial charge in [0.1, 0.15) is 16.9 Å². The van der Waals surface area contributed by atoms with Crippen molar-refractivity contribution in [3.05, 3.63) is 53.2 Å². The Labute approximate surface area is 211 Å². The van der Waals surface area contributed by atoms with Gasteiger partial charge in [-0.15, -0.1) is 0 Å². The molecule has 1 fully saturated rings. The molecule has 0 saturated carbocycles. The zero-order chi connectivity index (χ0) is 25.6. The summed E-state index contributed by atoms with van der Waals surface area (Å²) < 4.78 is 61.9. The summed E-state index contributed by atoms with van der Waals surface area (Å²) in [5, 5.41) is 7.39. The third-order valence-corrected chi connectivity index (χ3v) is 7.23. The van der Waals surface area contributed by atoms with Gasteiger partial charge in [-0.3, -0.25) is 4.57 Å². The number of alkyl halides is 2. The summed E-state index contributed by atoms with van der Waals surface area (Å²) in [5.41, 5.74) is 2.07. The van der Waals surface area contributed by atoms with Crippen LogP contribution in [0.1, 0.15) is 43.4 Å². The van der Waals surface area contributed by atoms with Crippen LogP contribution in [0.25, 0.3) is 16.9 Å². The second-order valence-corrected chi connectivity index (χ2v) is 11.0. The Kier molecular flexibility index (Phi) is 6.43. The van der Waals surface area contributed by atoms with Gasteiger partial charge in [0.2, 0.25) is 0 Å². The third kappa shape index (κ3) is 4.67. The smallest absolute Gasteiger partial charge is 0.295 e. The number of aryl methyl sites for hydroxylation is 1. The zero-order valence-corrected chi connectivity index (χ0v) is 21.0. The molecule has 9 nitrogen and oxygen atoms in total. The molecule has 36 heavy (non-hydrogen) atoms. The number of sulfone groups is 1. The molecule has 1 aliphatic heterocycles. The maximum atomic E-state index is 14.0.